The minimum Gasteiger partial charge on any atom is -0.491 e. The van der Waals surface area contributed by atoms with Crippen LogP contribution in [0, 0.1) is 11.7 Å². The van der Waals surface area contributed by atoms with Crippen LogP contribution >= 0.6 is 0 Å². The van der Waals surface area contributed by atoms with Crippen LogP contribution in [0.2, 0.25) is 0 Å². The van der Waals surface area contributed by atoms with Crippen LogP contribution in [-0.4, -0.2) is 56.6 Å². The van der Waals surface area contributed by atoms with Crippen molar-refractivity contribution in [1.82, 2.24) is 24.9 Å². The standard InChI is InChI=1S/C30H30FN5O4/c1-34-14-22(13-32-34)19-6-8-24-20(11-19)3-2-10-30(24)28(38)36(29(39)33-30)16-27(37)35-15-21-12-23(31)7-9-26(21)40-17-25(35)18-4-5-18/h6-9,11-14,18,25H,2-5,10,15-17H2,1H3,(H,33,39)/t25-,30-/m0/s1. The molecule has 1 spiro atoms. The molecule has 1 saturated heterocycles. The molecule has 2 aliphatic heterocycles. The highest BCUT2D eigenvalue weighted by Crippen LogP contribution is 2.42. The number of benzene rings is 2. The quantitative estimate of drug-likeness (QED) is 0.508. The second kappa shape index (κ2) is 9.18. The highest BCUT2D eigenvalue weighted by molar-refractivity contribution is 6.09. The minimum atomic E-state index is -1.19. The number of aromatic nitrogens is 2. The van der Waals surface area contributed by atoms with E-state index in [-0.39, 0.29) is 31.0 Å². The summed E-state index contributed by atoms with van der Waals surface area (Å²) in [6.45, 7) is 0.0942. The van der Waals surface area contributed by atoms with Crippen LogP contribution in [0.5, 0.6) is 5.75 Å². The van der Waals surface area contributed by atoms with Crippen LogP contribution in [0.3, 0.4) is 0 Å². The number of imide groups is 1. The molecule has 4 amide bonds. The summed E-state index contributed by atoms with van der Waals surface area (Å²) < 4.78 is 21.7. The van der Waals surface area contributed by atoms with E-state index in [1.807, 2.05) is 25.4 Å². The zero-order valence-electron chi connectivity index (χ0n) is 22.2. The van der Waals surface area contributed by atoms with E-state index in [0.717, 1.165) is 52.8 Å². The average molecular weight is 544 g/mol. The summed E-state index contributed by atoms with van der Waals surface area (Å²) in [6.07, 6.45) is 7.68. The third kappa shape index (κ3) is 4.04. The fraction of sp³-hybridized carbons (Fsp3) is 0.400. The van der Waals surface area contributed by atoms with Gasteiger partial charge in [-0.25, -0.2) is 9.18 Å². The van der Waals surface area contributed by atoms with Crippen molar-refractivity contribution >= 4 is 17.8 Å². The van der Waals surface area contributed by atoms with Gasteiger partial charge in [0.25, 0.3) is 5.91 Å². The van der Waals surface area contributed by atoms with Gasteiger partial charge in [0.2, 0.25) is 5.91 Å². The molecule has 206 valence electrons. The lowest BCUT2D eigenvalue weighted by molar-refractivity contribution is -0.141. The smallest absolute Gasteiger partial charge is 0.325 e. The number of carbonyl (C=O) groups excluding carboxylic acids is 3. The van der Waals surface area contributed by atoms with Gasteiger partial charge in [0, 0.05) is 30.9 Å². The number of nitrogens with one attached hydrogen (secondary N) is 1. The maximum atomic E-state index is 14.0. The van der Waals surface area contributed by atoms with Crippen molar-refractivity contribution in [2.45, 2.75) is 50.2 Å². The molecule has 1 saturated carbocycles. The lowest BCUT2D eigenvalue weighted by Gasteiger charge is -2.34. The molecule has 2 aliphatic carbocycles. The highest BCUT2D eigenvalue weighted by atomic mass is 19.1. The predicted molar refractivity (Wildman–Crippen MR) is 142 cm³/mol. The normalized spacial score (nSPS) is 23.9. The molecule has 1 N–H and O–H groups in total. The van der Waals surface area contributed by atoms with Gasteiger partial charge in [-0.15, -0.1) is 0 Å². The Kier molecular flexibility index (Phi) is 5.69. The number of hydrogen-bond acceptors (Lipinski definition) is 5. The second-order valence-electron chi connectivity index (χ2n) is 11.3. The van der Waals surface area contributed by atoms with E-state index in [0.29, 0.717) is 24.3 Å². The van der Waals surface area contributed by atoms with E-state index in [1.165, 1.54) is 12.1 Å². The summed E-state index contributed by atoms with van der Waals surface area (Å²) in [5, 5.41) is 7.21. The van der Waals surface area contributed by atoms with E-state index in [9.17, 15) is 18.8 Å². The molecule has 3 aromatic rings. The first-order chi connectivity index (χ1) is 19.3. The Labute approximate surface area is 230 Å². The molecule has 1 aromatic heterocycles. The molecule has 2 aromatic carbocycles. The summed E-state index contributed by atoms with van der Waals surface area (Å²) in [6, 6.07) is 9.48. The van der Waals surface area contributed by atoms with Crippen molar-refractivity contribution in [3.63, 3.8) is 0 Å². The molecule has 0 unspecified atom stereocenters. The number of rotatable bonds is 4. The van der Waals surface area contributed by atoms with Crippen LogP contribution in [0.25, 0.3) is 11.1 Å². The fourth-order valence-corrected chi connectivity index (χ4v) is 6.52. The third-order valence-electron chi connectivity index (χ3n) is 8.73. The summed E-state index contributed by atoms with van der Waals surface area (Å²) in [5.41, 5.74) is 3.16. The van der Waals surface area contributed by atoms with Crippen LogP contribution < -0.4 is 10.1 Å². The number of ether oxygens (including phenoxy) is 1. The molecule has 9 nitrogen and oxygen atoms in total. The van der Waals surface area contributed by atoms with E-state index in [1.54, 1.807) is 21.8 Å². The third-order valence-corrected chi connectivity index (χ3v) is 8.73. The van der Waals surface area contributed by atoms with E-state index in [2.05, 4.69) is 16.5 Å². The van der Waals surface area contributed by atoms with Gasteiger partial charge in [0.05, 0.1) is 12.2 Å². The summed E-state index contributed by atoms with van der Waals surface area (Å²) in [7, 11) is 1.86. The summed E-state index contributed by atoms with van der Waals surface area (Å²) in [4.78, 5) is 43.7. The number of fused-ring (bicyclic) bond motifs is 3. The van der Waals surface area contributed by atoms with E-state index in [4.69, 9.17) is 4.74 Å². The van der Waals surface area contributed by atoms with Gasteiger partial charge in [-0.3, -0.25) is 19.2 Å². The summed E-state index contributed by atoms with van der Waals surface area (Å²) >= 11 is 0. The van der Waals surface area contributed by atoms with Crippen molar-refractivity contribution in [1.29, 1.82) is 0 Å². The van der Waals surface area contributed by atoms with Crippen molar-refractivity contribution in [3.8, 4) is 16.9 Å². The second-order valence-corrected chi connectivity index (χ2v) is 11.3. The Morgan fingerprint density at radius 1 is 1.15 bits per heavy atom. The number of carbonyl (C=O) groups is 3. The van der Waals surface area contributed by atoms with Crippen molar-refractivity contribution < 1.29 is 23.5 Å². The topological polar surface area (TPSA) is 96.8 Å². The Morgan fingerprint density at radius 2 is 2.00 bits per heavy atom. The highest BCUT2D eigenvalue weighted by Gasteiger charge is 2.55. The number of aryl methyl sites for hydroxylation is 2. The largest absolute Gasteiger partial charge is 0.491 e. The van der Waals surface area contributed by atoms with E-state index >= 15 is 0 Å². The monoisotopic (exact) mass is 543 g/mol. The first-order valence-electron chi connectivity index (χ1n) is 13.8. The van der Waals surface area contributed by atoms with Gasteiger partial charge in [0.1, 0.15) is 30.3 Å². The maximum absolute atomic E-state index is 14.0. The number of amides is 4. The van der Waals surface area contributed by atoms with Gasteiger partial charge in [0.15, 0.2) is 0 Å². The molecule has 10 heteroatoms. The van der Waals surface area contributed by atoms with Gasteiger partial charge >= 0.3 is 6.03 Å². The van der Waals surface area contributed by atoms with Crippen LogP contribution in [-0.2, 0) is 35.1 Å². The number of nitrogens with zero attached hydrogens (tertiary/aromatic N) is 4. The molecule has 4 aliphatic rings. The Hall–Kier alpha value is -4.21. The van der Waals surface area contributed by atoms with Crippen molar-refractivity contribution in [2.75, 3.05) is 13.2 Å². The molecule has 0 radical (unpaired) electrons. The zero-order chi connectivity index (χ0) is 27.6. The first kappa shape index (κ1) is 24.8. The van der Waals surface area contributed by atoms with Gasteiger partial charge in [-0.05, 0) is 72.9 Å². The Bertz CT molecular complexity index is 1550. The number of hydrogen-bond donors (Lipinski definition) is 1. The number of halogens is 1. The summed E-state index contributed by atoms with van der Waals surface area (Å²) in [5.74, 6) is -0.307. The van der Waals surface area contributed by atoms with Crippen LogP contribution in [0.1, 0.15) is 42.4 Å². The van der Waals surface area contributed by atoms with Crippen molar-refractivity contribution in [3.05, 3.63) is 71.3 Å². The Balaban J connectivity index is 1.16. The molecule has 3 heterocycles. The van der Waals surface area contributed by atoms with Gasteiger partial charge < -0.3 is 15.0 Å². The van der Waals surface area contributed by atoms with Crippen molar-refractivity contribution in [2.24, 2.45) is 13.0 Å². The minimum absolute atomic E-state index is 0.168. The number of urea groups is 1. The SMILES string of the molecule is Cn1cc(-c2ccc3c(c2)CCC[C@]32NC(=O)N(CC(=O)N3Cc4cc(F)ccc4OC[C@H]3C3CC3)C2=O)cn1. The van der Waals surface area contributed by atoms with Crippen LogP contribution in [0.4, 0.5) is 9.18 Å². The Morgan fingerprint density at radius 3 is 2.77 bits per heavy atom. The van der Waals surface area contributed by atoms with Gasteiger partial charge in [-0.2, -0.15) is 5.10 Å². The van der Waals surface area contributed by atoms with Gasteiger partial charge in [-0.1, -0.05) is 18.2 Å². The fourth-order valence-electron chi connectivity index (χ4n) is 6.52. The molecule has 0 bridgehead atoms. The first-order valence-corrected chi connectivity index (χ1v) is 13.8. The predicted octanol–water partition coefficient (Wildman–Crippen LogP) is 3.51. The molecular formula is C30H30FN5O4. The zero-order valence-corrected chi connectivity index (χ0v) is 22.2. The molecule has 40 heavy (non-hydrogen) atoms. The molecule has 2 atom stereocenters. The molecule has 2 fully saturated rings. The van der Waals surface area contributed by atoms with E-state index < -0.39 is 23.3 Å². The lowest BCUT2D eigenvalue weighted by Crippen LogP contribution is -2.50. The van der Waals surface area contributed by atoms with Crippen LogP contribution in [0.15, 0.2) is 48.8 Å². The maximum Gasteiger partial charge on any atom is 0.325 e. The molecule has 7 rings (SSSR count). The molecular weight excluding hydrogens is 513 g/mol. The average Bonchev–Trinajstić information content (AvgIpc) is 3.68. The lowest BCUT2D eigenvalue weighted by atomic mass is 9.75.